The second kappa shape index (κ2) is 4.05. The molecule has 14 heavy (non-hydrogen) atoms. The Morgan fingerprint density at radius 1 is 1.71 bits per heavy atom. The van der Waals surface area contributed by atoms with Gasteiger partial charge in [-0.1, -0.05) is 6.92 Å². The lowest BCUT2D eigenvalue weighted by molar-refractivity contribution is -0.126. The zero-order valence-electron chi connectivity index (χ0n) is 7.74. The average molecular weight is 200 g/mol. The summed E-state index contributed by atoms with van der Waals surface area (Å²) in [4.78, 5) is 32.9. The van der Waals surface area contributed by atoms with Gasteiger partial charge in [0.1, 0.15) is 6.54 Å². The van der Waals surface area contributed by atoms with E-state index in [2.05, 4.69) is 5.43 Å². The molecule has 1 fully saturated rings. The lowest BCUT2D eigenvalue weighted by Crippen LogP contribution is -2.50. The summed E-state index contributed by atoms with van der Waals surface area (Å²) in [6.07, 6.45) is 0.467. The van der Waals surface area contributed by atoms with E-state index in [1.165, 1.54) is 0 Å². The summed E-state index contributed by atoms with van der Waals surface area (Å²) in [5.74, 6) is -0.919. The molecule has 0 aromatic carbocycles. The van der Waals surface area contributed by atoms with Crippen molar-refractivity contribution < 1.29 is 14.4 Å². The number of nitrogens with two attached hydrogens (primary N) is 1. The number of imide groups is 1. The van der Waals surface area contributed by atoms with Gasteiger partial charge in [0.05, 0.1) is 6.04 Å². The van der Waals surface area contributed by atoms with Crippen LogP contribution >= 0.6 is 0 Å². The number of hydrogen-bond acceptors (Lipinski definition) is 4. The number of carbonyl (C=O) groups excluding carboxylic acids is 3. The molecule has 0 spiro atoms. The molecule has 7 nitrogen and oxygen atoms in total. The van der Waals surface area contributed by atoms with Crippen LogP contribution in [0.1, 0.15) is 13.3 Å². The summed E-state index contributed by atoms with van der Waals surface area (Å²) in [7, 11) is 0. The topological polar surface area (TPSA) is 105 Å². The molecule has 1 aliphatic heterocycles. The third-order valence-electron chi connectivity index (χ3n) is 1.81. The van der Waals surface area contributed by atoms with E-state index in [0.717, 1.165) is 5.01 Å². The third kappa shape index (κ3) is 2.19. The maximum absolute atomic E-state index is 11.2. The maximum Gasteiger partial charge on any atom is 0.343 e. The zero-order chi connectivity index (χ0) is 10.7. The van der Waals surface area contributed by atoms with Crippen LogP contribution in [0.5, 0.6) is 0 Å². The van der Waals surface area contributed by atoms with Gasteiger partial charge in [-0.3, -0.25) is 20.3 Å². The van der Waals surface area contributed by atoms with Gasteiger partial charge in [0, 0.05) is 0 Å². The van der Waals surface area contributed by atoms with Crippen LogP contribution in [0.2, 0.25) is 0 Å². The standard InChI is InChI=1S/C7H12N4O3/c1-2-4(8)6(13)10-11-3-5(12)9-7(11)14/h4H,2-3,8H2,1H3,(H,10,13)(H,9,12,14)/t4-/m1/s1. The summed E-state index contributed by atoms with van der Waals surface area (Å²) in [6.45, 7) is 1.58. The molecule has 4 amide bonds. The number of nitrogens with one attached hydrogen (secondary N) is 2. The van der Waals surface area contributed by atoms with Crippen LogP contribution in [0.15, 0.2) is 0 Å². The first-order chi connectivity index (χ1) is 6.54. The van der Waals surface area contributed by atoms with E-state index < -0.39 is 23.9 Å². The first kappa shape index (κ1) is 10.5. The van der Waals surface area contributed by atoms with Crippen LogP contribution in [0.4, 0.5) is 4.79 Å². The highest BCUT2D eigenvalue weighted by Crippen LogP contribution is 1.95. The predicted octanol–water partition coefficient (Wildman–Crippen LogP) is -1.69. The first-order valence-corrected chi connectivity index (χ1v) is 4.22. The quantitative estimate of drug-likeness (QED) is 0.472. The van der Waals surface area contributed by atoms with Crippen molar-refractivity contribution in [2.75, 3.05) is 6.54 Å². The molecule has 1 aliphatic rings. The molecular formula is C7H12N4O3. The van der Waals surface area contributed by atoms with Crippen molar-refractivity contribution in [3.63, 3.8) is 0 Å². The number of amides is 4. The summed E-state index contributed by atoms with van der Waals surface area (Å²) in [6, 6.07) is -1.30. The Morgan fingerprint density at radius 2 is 2.36 bits per heavy atom. The van der Waals surface area contributed by atoms with E-state index in [9.17, 15) is 14.4 Å². The van der Waals surface area contributed by atoms with E-state index in [4.69, 9.17) is 5.73 Å². The zero-order valence-corrected chi connectivity index (χ0v) is 7.74. The number of urea groups is 1. The largest absolute Gasteiger partial charge is 0.343 e. The molecule has 0 aromatic heterocycles. The summed E-state index contributed by atoms with van der Waals surface area (Å²) < 4.78 is 0. The molecule has 0 aliphatic carbocycles. The highest BCUT2D eigenvalue weighted by Gasteiger charge is 2.28. The Bertz CT molecular complexity index is 278. The lowest BCUT2D eigenvalue weighted by Gasteiger charge is -2.16. The van der Waals surface area contributed by atoms with E-state index in [1.807, 2.05) is 5.32 Å². The van der Waals surface area contributed by atoms with Crippen LogP contribution < -0.4 is 16.5 Å². The molecule has 1 saturated heterocycles. The van der Waals surface area contributed by atoms with Gasteiger partial charge >= 0.3 is 6.03 Å². The minimum Gasteiger partial charge on any atom is -0.320 e. The van der Waals surface area contributed by atoms with Crippen molar-refractivity contribution >= 4 is 17.8 Å². The molecule has 0 aromatic rings. The Labute approximate surface area is 80.6 Å². The minimum absolute atomic E-state index is 0.166. The Kier molecular flexibility index (Phi) is 3.03. The number of hydrazine groups is 1. The van der Waals surface area contributed by atoms with Gasteiger partial charge < -0.3 is 5.73 Å². The van der Waals surface area contributed by atoms with Crippen LogP contribution in [0.3, 0.4) is 0 Å². The Hall–Kier alpha value is -1.63. The van der Waals surface area contributed by atoms with Gasteiger partial charge in [-0.25, -0.2) is 9.80 Å². The van der Waals surface area contributed by atoms with Crippen LogP contribution in [-0.2, 0) is 9.59 Å². The van der Waals surface area contributed by atoms with Gasteiger partial charge in [0.15, 0.2) is 0 Å². The predicted molar refractivity (Wildman–Crippen MR) is 46.7 cm³/mol. The second-order valence-corrected chi connectivity index (χ2v) is 2.93. The molecule has 1 rings (SSSR count). The van der Waals surface area contributed by atoms with Gasteiger partial charge in [-0.2, -0.15) is 0 Å². The van der Waals surface area contributed by atoms with Crippen molar-refractivity contribution in [3.05, 3.63) is 0 Å². The van der Waals surface area contributed by atoms with E-state index >= 15 is 0 Å². The van der Waals surface area contributed by atoms with Gasteiger partial charge in [0.2, 0.25) is 5.91 Å². The Balaban J connectivity index is 2.49. The number of rotatable bonds is 3. The summed E-state index contributed by atoms with van der Waals surface area (Å²) in [5.41, 5.74) is 7.67. The highest BCUT2D eigenvalue weighted by molar-refractivity contribution is 6.02. The molecular weight excluding hydrogens is 188 g/mol. The van der Waals surface area contributed by atoms with Crippen molar-refractivity contribution in [2.45, 2.75) is 19.4 Å². The summed E-state index contributed by atoms with van der Waals surface area (Å²) in [5, 5.41) is 2.92. The molecule has 0 saturated carbocycles. The SMILES string of the molecule is CC[C@@H](N)C(=O)NN1CC(=O)NC1=O. The highest BCUT2D eigenvalue weighted by atomic mass is 16.2. The fourth-order valence-electron chi connectivity index (χ4n) is 0.933. The number of carbonyl (C=O) groups is 3. The third-order valence-corrected chi connectivity index (χ3v) is 1.81. The van der Waals surface area contributed by atoms with Crippen LogP contribution in [-0.4, -0.2) is 35.4 Å². The van der Waals surface area contributed by atoms with Crippen LogP contribution in [0.25, 0.3) is 0 Å². The van der Waals surface area contributed by atoms with E-state index in [1.54, 1.807) is 6.92 Å². The molecule has 78 valence electrons. The monoisotopic (exact) mass is 200 g/mol. The maximum atomic E-state index is 11.2. The molecule has 1 atom stereocenters. The number of hydrogen-bond donors (Lipinski definition) is 3. The number of nitrogens with zero attached hydrogens (tertiary/aromatic N) is 1. The molecule has 0 bridgehead atoms. The normalized spacial score (nSPS) is 18.0. The van der Waals surface area contributed by atoms with Crippen molar-refractivity contribution in [3.8, 4) is 0 Å². The Morgan fingerprint density at radius 3 is 2.79 bits per heavy atom. The lowest BCUT2D eigenvalue weighted by atomic mass is 10.2. The fourth-order valence-corrected chi connectivity index (χ4v) is 0.933. The van der Waals surface area contributed by atoms with Gasteiger partial charge in [-0.15, -0.1) is 0 Å². The minimum atomic E-state index is -0.668. The summed E-state index contributed by atoms with van der Waals surface area (Å²) >= 11 is 0. The van der Waals surface area contributed by atoms with Gasteiger partial charge in [-0.05, 0) is 6.42 Å². The molecule has 0 radical (unpaired) electrons. The van der Waals surface area contributed by atoms with Crippen molar-refractivity contribution in [1.29, 1.82) is 0 Å². The van der Waals surface area contributed by atoms with Gasteiger partial charge in [0.25, 0.3) is 5.91 Å². The first-order valence-electron chi connectivity index (χ1n) is 4.22. The molecule has 0 unspecified atom stereocenters. The molecule has 4 N–H and O–H groups in total. The second-order valence-electron chi connectivity index (χ2n) is 2.93. The fraction of sp³-hybridized carbons (Fsp3) is 0.571. The molecule has 1 heterocycles. The molecule has 7 heteroatoms. The average Bonchev–Trinajstić information content (AvgIpc) is 2.44. The van der Waals surface area contributed by atoms with Crippen molar-refractivity contribution in [1.82, 2.24) is 15.8 Å². The van der Waals surface area contributed by atoms with Crippen molar-refractivity contribution in [2.24, 2.45) is 5.73 Å². The smallest absolute Gasteiger partial charge is 0.320 e. The van der Waals surface area contributed by atoms with E-state index in [0.29, 0.717) is 6.42 Å². The van der Waals surface area contributed by atoms with E-state index in [-0.39, 0.29) is 6.54 Å². The van der Waals surface area contributed by atoms with Crippen LogP contribution in [0, 0.1) is 0 Å².